The van der Waals surface area contributed by atoms with Crippen LogP contribution in [0.4, 0.5) is 5.69 Å². The standard InChI is InChI=1S/C24H26N2O4S/c1-19-16-22(14-15-23(19)30-3)31(28,29)26(21-12-8-5-9-13-21)18-24(27)25(2)17-20-10-6-4-7-11-20/h4-16H,17-18H2,1-3H3. The molecule has 0 bridgehead atoms. The Morgan fingerprint density at radius 3 is 2.13 bits per heavy atom. The van der Waals surface area contributed by atoms with E-state index in [0.717, 1.165) is 9.87 Å². The van der Waals surface area contributed by atoms with Crippen LogP contribution in [0.3, 0.4) is 0 Å². The van der Waals surface area contributed by atoms with Crippen LogP contribution in [-0.2, 0) is 21.4 Å². The Balaban J connectivity index is 1.91. The van der Waals surface area contributed by atoms with Crippen molar-refractivity contribution < 1.29 is 17.9 Å². The fourth-order valence-electron chi connectivity index (χ4n) is 3.24. The molecule has 0 aromatic heterocycles. The molecule has 1 amide bonds. The van der Waals surface area contributed by atoms with Crippen molar-refractivity contribution in [1.82, 2.24) is 4.90 Å². The van der Waals surface area contributed by atoms with Crippen molar-refractivity contribution >= 4 is 21.6 Å². The minimum atomic E-state index is -3.97. The van der Waals surface area contributed by atoms with Crippen molar-refractivity contribution in [3.8, 4) is 5.75 Å². The maximum Gasteiger partial charge on any atom is 0.264 e. The number of methoxy groups -OCH3 is 1. The van der Waals surface area contributed by atoms with Crippen LogP contribution in [0.25, 0.3) is 0 Å². The summed E-state index contributed by atoms with van der Waals surface area (Å²) in [4.78, 5) is 14.6. The highest BCUT2D eigenvalue weighted by molar-refractivity contribution is 7.92. The van der Waals surface area contributed by atoms with Gasteiger partial charge in [0, 0.05) is 13.6 Å². The molecule has 0 aliphatic carbocycles. The molecule has 3 aromatic rings. The molecule has 0 atom stereocenters. The summed E-state index contributed by atoms with van der Waals surface area (Å²) in [5.74, 6) is 0.297. The fourth-order valence-corrected chi connectivity index (χ4v) is 4.74. The minimum absolute atomic E-state index is 0.105. The third-order valence-corrected chi connectivity index (χ3v) is 6.74. The summed E-state index contributed by atoms with van der Waals surface area (Å²) < 4.78 is 33.4. The summed E-state index contributed by atoms with van der Waals surface area (Å²) in [6.45, 7) is 1.87. The van der Waals surface area contributed by atoms with Gasteiger partial charge >= 0.3 is 0 Å². The number of hydrogen-bond donors (Lipinski definition) is 0. The second-order valence-corrected chi connectivity index (χ2v) is 9.08. The lowest BCUT2D eigenvalue weighted by molar-refractivity contribution is -0.128. The maximum atomic E-state index is 13.5. The van der Waals surface area contributed by atoms with Gasteiger partial charge in [-0.3, -0.25) is 9.10 Å². The number of carbonyl (C=O) groups excluding carboxylic acids is 1. The molecule has 0 heterocycles. The second kappa shape index (κ2) is 9.66. The first-order chi connectivity index (χ1) is 14.8. The van der Waals surface area contributed by atoms with E-state index in [1.807, 2.05) is 30.3 Å². The molecule has 0 radical (unpaired) electrons. The smallest absolute Gasteiger partial charge is 0.264 e. The van der Waals surface area contributed by atoms with Gasteiger partial charge in [0.2, 0.25) is 5.91 Å². The summed E-state index contributed by atoms with van der Waals surface area (Å²) >= 11 is 0. The summed E-state index contributed by atoms with van der Waals surface area (Å²) in [6.07, 6.45) is 0. The number of likely N-dealkylation sites (N-methyl/N-ethyl adjacent to an activating group) is 1. The zero-order valence-electron chi connectivity index (χ0n) is 17.9. The molecule has 0 unspecified atom stereocenters. The van der Waals surface area contributed by atoms with Crippen molar-refractivity contribution in [1.29, 1.82) is 0 Å². The number of ether oxygens (including phenoxy) is 1. The molecule has 0 N–H and O–H groups in total. The Bertz CT molecular complexity index is 1130. The van der Waals surface area contributed by atoms with E-state index in [1.165, 1.54) is 18.1 Å². The van der Waals surface area contributed by atoms with E-state index < -0.39 is 10.0 Å². The first kappa shape index (κ1) is 22.4. The third-order valence-electron chi connectivity index (χ3n) is 4.97. The minimum Gasteiger partial charge on any atom is -0.496 e. The van der Waals surface area contributed by atoms with Gasteiger partial charge < -0.3 is 9.64 Å². The van der Waals surface area contributed by atoms with Crippen LogP contribution in [0.15, 0.2) is 83.8 Å². The molecule has 0 spiro atoms. The van der Waals surface area contributed by atoms with Crippen LogP contribution in [-0.4, -0.2) is 39.9 Å². The molecule has 162 valence electrons. The number of aryl methyl sites for hydroxylation is 1. The Labute approximate surface area is 183 Å². The molecule has 3 aromatic carbocycles. The summed E-state index contributed by atoms with van der Waals surface area (Å²) in [5.41, 5.74) is 2.10. The molecule has 0 fully saturated rings. The van der Waals surface area contributed by atoms with Crippen LogP contribution in [0.5, 0.6) is 5.75 Å². The van der Waals surface area contributed by atoms with Gasteiger partial charge in [0.05, 0.1) is 17.7 Å². The monoisotopic (exact) mass is 438 g/mol. The number of anilines is 1. The van der Waals surface area contributed by atoms with Crippen LogP contribution in [0, 0.1) is 6.92 Å². The Morgan fingerprint density at radius 2 is 1.55 bits per heavy atom. The Hall–Kier alpha value is -3.32. The zero-order valence-corrected chi connectivity index (χ0v) is 18.7. The number of carbonyl (C=O) groups is 1. The molecule has 0 saturated heterocycles. The van der Waals surface area contributed by atoms with Gasteiger partial charge in [-0.2, -0.15) is 0 Å². The van der Waals surface area contributed by atoms with E-state index in [0.29, 0.717) is 23.5 Å². The van der Waals surface area contributed by atoms with Gasteiger partial charge in [0.25, 0.3) is 10.0 Å². The van der Waals surface area contributed by atoms with Crippen molar-refractivity contribution in [2.24, 2.45) is 0 Å². The van der Waals surface area contributed by atoms with Gasteiger partial charge in [0.15, 0.2) is 0 Å². The largest absolute Gasteiger partial charge is 0.496 e. The molecular weight excluding hydrogens is 412 g/mol. The van der Waals surface area contributed by atoms with Crippen molar-refractivity contribution in [2.45, 2.75) is 18.4 Å². The molecule has 0 aliphatic heterocycles. The van der Waals surface area contributed by atoms with E-state index in [9.17, 15) is 13.2 Å². The molecule has 7 heteroatoms. The van der Waals surface area contributed by atoms with Gasteiger partial charge in [-0.15, -0.1) is 0 Å². The van der Waals surface area contributed by atoms with Crippen molar-refractivity contribution in [3.63, 3.8) is 0 Å². The van der Waals surface area contributed by atoms with E-state index in [1.54, 1.807) is 56.4 Å². The van der Waals surface area contributed by atoms with E-state index in [2.05, 4.69) is 0 Å². The highest BCUT2D eigenvalue weighted by Gasteiger charge is 2.28. The molecular formula is C24H26N2O4S. The van der Waals surface area contributed by atoms with E-state index in [-0.39, 0.29) is 17.3 Å². The molecule has 0 saturated carbocycles. The first-order valence-corrected chi connectivity index (χ1v) is 11.3. The van der Waals surface area contributed by atoms with E-state index in [4.69, 9.17) is 4.74 Å². The van der Waals surface area contributed by atoms with Crippen LogP contribution in [0.1, 0.15) is 11.1 Å². The number of nitrogens with zero attached hydrogens (tertiary/aromatic N) is 2. The number of sulfonamides is 1. The number of para-hydroxylation sites is 1. The van der Waals surface area contributed by atoms with E-state index >= 15 is 0 Å². The topological polar surface area (TPSA) is 66.9 Å². The summed E-state index contributed by atoms with van der Waals surface area (Å²) in [5, 5.41) is 0. The highest BCUT2D eigenvalue weighted by Crippen LogP contribution is 2.27. The molecule has 6 nitrogen and oxygen atoms in total. The lowest BCUT2D eigenvalue weighted by Gasteiger charge is -2.27. The van der Waals surface area contributed by atoms with Crippen LogP contribution in [0.2, 0.25) is 0 Å². The fraction of sp³-hybridized carbons (Fsp3) is 0.208. The van der Waals surface area contributed by atoms with Crippen molar-refractivity contribution in [3.05, 3.63) is 90.0 Å². The first-order valence-electron chi connectivity index (χ1n) is 9.83. The maximum absolute atomic E-state index is 13.5. The summed E-state index contributed by atoms with van der Waals surface area (Å²) in [7, 11) is -0.768. The number of hydrogen-bond acceptors (Lipinski definition) is 4. The molecule has 31 heavy (non-hydrogen) atoms. The highest BCUT2D eigenvalue weighted by atomic mass is 32.2. The van der Waals surface area contributed by atoms with Crippen LogP contribution < -0.4 is 9.04 Å². The predicted octanol–water partition coefficient (Wildman–Crippen LogP) is 3.86. The average molecular weight is 439 g/mol. The normalized spacial score (nSPS) is 11.1. The number of benzene rings is 3. The lowest BCUT2D eigenvalue weighted by Crippen LogP contribution is -2.41. The SMILES string of the molecule is COc1ccc(S(=O)(=O)N(CC(=O)N(C)Cc2ccccc2)c2ccccc2)cc1C. The Morgan fingerprint density at radius 1 is 0.935 bits per heavy atom. The second-order valence-electron chi connectivity index (χ2n) is 7.21. The molecule has 3 rings (SSSR count). The molecule has 0 aliphatic rings. The van der Waals surface area contributed by atoms with Gasteiger partial charge in [-0.05, 0) is 48.4 Å². The predicted molar refractivity (Wildman–Crippen MR) is 122 cm³/mol. The quantitative estimate of drug-likeness (QED) is 0.536. The zero-order chi connectivity index (χ0) is 22.4. The van der Waals surface area contributed by atoms with Crippen LogP contribution >= 0.6 is 0 Å². The number of amides is 1. The van der Waals surface area contributed by atoms with Gasteiger partial charge in [0.1, 0.15) is 12.3 Å². The third kappa shape index (κ3) is 5.24. The number of rotatable bonds is 8. The lowest BCUT2D eigenvalue weighted by atomic mass is 10.2. The Kier molecular flexibility index (Phi) is 6.97. The van der Waals surface area contributed by atoms with Gasteiger partial charge in [-0.1, -0.05) is 48.5 Å². The average Bonchev–Trinajstić information content (AvgIpc) is 2.78. The summed E-state index contributed by atoms with van der Waals surface area (Å²) in [6, 6.07) is 22.9. The van der Waals surface area contributed by atoms with Crippen molar-refractivity contribution in [2.75, 3.05) is 25.0 Å². The van der Waals surface area contributed by atoms with Gasteiger partial charge in [-0.25, -0.2) is 8.42 Å².